The minimum absolute atomic E-state index is 0.0958. The minimum atomic E-state index is -3.51. The number of nitrogens with one attached hydrogen (secondary N) is 1. The molecule has 0 aromatic heterocycles. The van der Waals surface area contributed by atoms with E-state index in [1.54, 1.807) is 37.4 Å². The van der Waals surface area contributed by atoms with Crippen molar-refractivity contribution in [1.82, 2.24) is 4.72 Å². The van der Waals surface area contributed by atoms with Crippen LogP contribution in [0, 0.1) is 5.92 Å². The van der Waals surface area contributed by atoms with Crippen molar-refractivity contribution in [2.45, 2.75) is 25.2 Å². The Bertz CT molecular complexity index is 480. The number of amidine groups is 1. The Hall–Kier alpha value is -1.36. The number of hydrogen-bond donors (Lipinski definition) is 1. The molecule has 0 saturated heterocycles. The molecule has 0 amide bonds. The normalized spacial score (nSPS) is 14.4. The number of sulfonamides is 1. The molecule has 0 aliphatic heterocycles. The van der Waals surface area contributed by atoms with Gasteiger partial charge in [-0.2, -0.15) is 0 Å². The highest BCUT2D eigenvalue weighted by atomic mass is 32.2. The van der Waals surface area contributed by atoms with Gasteiger partial charge in [-0.3, -0.25) is 9.71 Å². The fraction of sp³-hybridized carbons (Fsp3) is 0.417. The summed E-state index contributed by atoms with van der Waals surface area (Å²) in [5.74, 6) is 0.592. The van der Waals surface area contributed by atoms with Crippen molar-refractivity contribution in [3.05, 3.63) is 30.3 Å². The quantitative estimate of drug-likeness (QED) is 0.660. The third-order valence-corrected chi connectivity index (χ3v) is 3.98. The van der Waals surface area contributed by atoms with Gasteiger partial charge in [0.2, 0.25) is 0 Å². The molecule has 0 saturated carbocycles. The Morgan fingerprint density at radius 2 is 1.94 bits per heavy atom. The zero-order valence-electron chi connectivity index (χ0n) is 10.3. The summed E-state index contributed by atoms with van der Waals surface area (Å²) >= 11 is 0. The van der Waals surface area contributed by atoms with Gasteiger partial charge in [0.15, 0.2) is 0 Å². The van der Waals surface area contributed by atoms with Crippen molar-refractivity contribution < 1.29 is 8.42 Å². The molecule has 4 nitrogen and oxygen atoms in total. The molecule has 5 heteroatoms. The summed E-state index contributed by atoms with van der Waals surface area (Å²) in [7, 11) is -1.92. The molecule has 1 N–H and O–H groups in total. The number of hydrogen-bond acceptors (Lipinski definition) is 3. The fourth-order valence-corrected chi connectivity index (χ4v) is 2.56. The van der Waals surface area contributed by atoms with Gasteiger partial charge in [0.25, 0.3) is 10.0 Å². The molecule has 94 valence electrons. The van der Waals surface area contributed by atoms with E-state index in [0.29, 0.717) is 5.84 Å². The second kappa shape index (κ2) is 5.82. The van der Waals surface area contributed by atoms with Crippen LogP contribution >= 0.6 is 0 Å². The van der Waals surface area contributed by atoms with Gasteiger partial charge in [0.1, 0.15) is 5.84 Å². The zero-order chi connectivity index (χ0) is 12.9. The molecular formula is C12H18N2O2S. The van der Waals surface area contributed by atoms with Crippen LogP contribution in [0.4, 0.5) is 0 Å². The first-order valence-corrected chi connectivity index (χ1v) is 7.04. The highest BCUT2D eigenvalue weighted by Gasteiger charge is 2.18. The SMILES string of the molecule is CCC(C)/C(=N\C)NS(=O)(=O)c1ccccc1. The van der Waals surface area contributed by atoms with E-state index in [-0.39, 0.29) is 10.8 Å². The van der Waals surface area contributed by atoms with Gasteiger partial charge in [-0.1, -0.05) is 32.0 Å². The van der Waals surface area contributed by atoms with E-state index in [2.05, 4.69) is 9.71 Å². The number of aliphatic imine (C=N–C) groups is 1. The zero-order valence-corrected chi connectivity index (χ0v) is 11.2. The van der Waals surface area contributed by atoms with E-state index in [9.17, 15) is 8.42 Å². The van der Waals surface area contributed by atoms with Gasteiger partial charge in [0, 0.05) is 13.0 Å². The monoisotopic (exact) mass is 254 g/mol. The molecule has 1 aromatic carbocycles. The molecule has 1 rings (SSSR count). The average Bonchev–Trinajstić information content (AvgIpc) is 2.36. The van der Waals surface area contributed by atoms with Crippen molar-refractivity contribution in [3.63, 3.8) is 0 Å². The van der Waals surface area contributed by atoms with E-state index >= 15 is 0 Å². The molecule has 0 radical (unpaired) electrons. The van der Waals surface area contributed by atoms with Crippen LogP contribution in [-0.2, 0) is 10.0 Å². The number of rotatable bonds is 4. The Labute approximate surface area is 103 Å². The standard InChI is InChI=1S/C12H18N2O2S/c1-4-10(2)12(13-3)14-17(15,16)11-8-6-5-7-9-11/h5-10H,4H2,1-3H3,(H,13,14). The van der Waals surface area contributed by atoms with Crippen molar-refractivity contribution in [2.24, 2.45) is 10.9 Å². The largest absolute Gasteiger partial charge is 0.275 e. The van der Waals surface area contributed by atoms with Crippen LogP contribution in [0.25, 0.3) is 0 Å². The maximum atomic E-state index is 12.0. The van der Waals surface area contributed by atoms with Crippen molar-refractivity contribution in [2.75, 3.05) is 7.05 Å². The molecular weight excluding hydrogens is 236 g/mol. The lowest BCUT2D eigenvalue weighted by Crippen LogP contribution is -2.34. The fourth-order valence-electron chi connectivity index (χ4n) is 1.36. The topological polar surface area (TPSA) is 58.5 Å². The first-order valence-electron chi connectivity index (χ1n) is 5.55. The first-order chi connectivity index (χ1) is 8.01. The van der Waals surface area contributed by atoms with Crippen LogP contribution in [0.5, 0.6) is 0 Å². The van der Waals surface area contributed by atoms with Crippen LogP contribution in [0.15, 0.2) is 40.2 Å². The summed E-state index contributed by atoms with van der Waals surface area (Å²) < 4.78 is 26.6. The number of nitrogens with zero attached hydrogens (tertiary/aromatic N) is 1. The predicted molar refractivity (Wildman–Crippen MR) is 69.6 cm³/mol. The molecule has 0 spiro atoms. The van der Waals surface area contributed by atoms with Crippen LogP contribution < -0.4 is 4.72 Å². The lowest BCUT2D eigenvalue weighted by molar-refractivity contribution is 0.589. The average molecular weight is 254 g/mol. The minimum Gasteiger partial charge on any atom is -0.275 e. The Morgan fingerprint density at radius 3 is 2.41 bits per heavy atom. The summed E-state index contributed by atoms with van der Waals surface area (Å²) in [6.07, 6.45) is 0.837. The maximum Gasteiger partial charge on any atom is 0.262 e. The van der Waals surface area contributed by atoms with Crippen LogP contribution in [0.1, 0.15) is 20.3 Å². The van der Waals surface area contributed by atoms with Gasteiger partial charge in [-0.25, -0.2) is 8.42 Å². The van der Waals surface area contributed by atoms with Crippen molar-refractivity contribution >= 4 is 15.9 Å². The molecule has 1 atom stereocenters. The molecule has 0 heterocycles. The van der Waals surface area contributed by atoms with Gasteiger partial charge >= 0.3 is 0 Å². The van der Waals surface area contributed by atoms with Gasteiger partial charge in [-0.15, -0.1) is 0 Å². The third kappa shape index (κ3) is 3.56. The smallest absolute Gasteiger partial charge is 0.262 e. The van der Waals surface area contributed by atoms with Gasteiger partial charge in [0.05, 0.1) is 4.90 Å². The third-order valence-electron chi connectivity index (χ3n) is 2.61. The number of benzene rings is 1. The van der Waals surface area contributed by atoms with E-state index in [1.165, 1.54) is 0 Å². The van der Waals surface area contributed by atoms with E-state index in [1.807, 2.05) is 13.8 Å². The van der Waals surface area contributed by atoms with Crippen LogP contribution in [0.2, 0.25) is 0 Å². The van der Waals surface area contributed by atoms with Gasteiger partial charge < -0.3 is 0 Å². The highest BCUT2D eigenvalue weighted by Crippen LogP contribution is 2.10. The molecule has 0 bridgehead atoms. The van der Waals surface area contributed by atoms with Crippen molar-refractivity contribution in [3.8, 4) is 0 Å². The molecule has 0 aliphatic carbocycles. The summed E-state index contributed by atoms with van der Waals surface area (Å²) in [5.41, 5.74) is 0. The van der Waals surface area contributed by atoms with Crippen LogP contribution in [-0.4, -0.2) is 21.3 Å². The summed E-state index contributed by atoms with van der Waals surface area (Å²) in [5, 5.41) is 0. The second-order valence-corrected chi connectivity index (χ2v) is 5.52. The van der Waals surface area contributed by atoms with E-state index in [4.69, 9.17) is 0 Å². The van der Waals surface area contributed by atoms with Crippen molar-refractivity contribution in [1.29, 1.82) is 0 Å². The Kier molecular flexibility index (Phi) is 4.69. The maximum absolute atomic E-state index is 12.0. The predicted octanol–water partition coefficient (Wildman–Crippen LogP) is 2.04. The second-order valence-electron chi connectivity index (χ2n) is 3.84. The first kappa shape index (κ1) is 13.7. The molecule has 17 heavy (non-hydrogen) atoms. The van der Waals surface area contributed by atoms with E-state index < -0.39 is 10.0 Å². The molecule has 1 unspecified atom stereocenters. The highest BCUT2D eigenvalue weighted by molar-refractivity contribution is 7.90. The summed E-state index contributed by atoms with van der Waals surface area (Å²) in [4.78, 5) is 4.25. The Morgan fingerprint density at radius 1 is 1.35 bits per heavy atom. The molecule has 1 aromatic rings. The summed E-state index contributed by atoms with van der Waals surface area (Å²) in [6.45, 7) is 3.93. The van der Waals surface area contributed by atoms with Crippen LogP contribution in [0.3, 0.4) is 0 Å². The lowest BCUT2D eigenvalue weighted by atomic mass is 10.1. The van der Waals surface area contributed by atoms with E-state index in [0.717, 1.165) is 6.42 Å². The molecule has 0 aliphatic rings. The molecule has 0 fully saturated rings. The summed E-state index contributed by atoms with van der Waals surface area (Å²) in [6, 6.07) is 8.29. The lowest BCUT2D eigenvalue weighted by Gasteiger charge is -2.14. The Balaban J connectivity index is 2.95. The van der Waals surface area contributed by atoms with Gasteiger partial charge in [-0.05, 0) is 18.6 Å².